The highest BCUT2D eigenvalue weighted by Gasteiger charge is 2.09. The van der Waals surface area contributed by atoms with Crippen molar-refractivity contribution in [3.05, 3.63) is 78.4 Å². The first-order valence-corrected chi connectivity index (χ1v) is 6.76. The number of nitrogens with two attached hydrogens (primary N) is 1. The Bertz CT molecular complexity index is 655. The van der Waals surface area contributed by atoms with Crippen LogP contribution in [-0.4, -0.2) is 0 Å². The summed E-state index contributed by atoms with van der Waals surface area (Å²) in [6.45, 7) is 2.16. The Morgan fingerprint density at radius 2 is 1.05 bits per heavy atom. The van der Waals surface area contributed by atoms with Gasteiger partial charge in [-0.25, -0.2) is 0 Å². The van der Waals surface area contributed by atoms with Crippen LogP contribution in [0.15, 0.2) is 72.8 Å². The van der Waals surface area contributed by atoms with Gasteiger partial charge in [0, 0.05) is 5.69 Å². The molecule has 20 heavy (non-hydrogen) atoms. The standard InChI is InChI=1S/C19H17N/c1-14-18(15-8-4-2-5-9-15)12-17(20)13-19(14)16-10-6-3-7-11-16/h2-13H,20H2,1H3. The normalized spacial score (nSPS) is 10.4. The lowest BCUT2D eigenvalue weighted by molar-refractivity contribution is 1.45. The summed E-state index contributed by atoms with van der Waals surface area (Å²) >= 11 is 0. The predicted octanol–water partition coefficient (Wildman–Crippen LogP) is 4.91. The summed E-state index contributed by atoms with van der Waals surface area (Å²) in [5.74, 6) is 0. The molecule has 3 aromatic carbocycles. The van der Waals surface area contributed by atoms with Crippen molar-refractivity contribution in [2.45, 2.75) is 6.92 Å². The minimum absolute atomic E-state index is 0.799. The van der Waals surface area contributed by atoms with Crippen molar-refractivity contribution in [2.24, 2.45) is 0 Å². The van der Waals surface area contributed by atoms with E-state index in [2.05, 4.69) is 67.6 Å². The summed E-state index contributed by atoms with van der Waals surface area (Å²) in [6.07, 6.45) is 0. The van der Waals surface area contributed by atoms with Gasteiger partial charge >= 0.3 is 0 Å². The largest absolute Gasteiger partial charge is 0.399 e. The van der Waals surface area contributed by atoms with Gasteiger partial charge in [0.15, 0.2) is 0 Å². The van der Waals surface area contributed by atoms with Crippen LogP contribution in [0.5, 0.6) is 0 Å². The smallest absolute Gasteiger partial charge is 0.0326 e. The molecule has 0 spiro atoms. The molecule has 2 N–H and O–H groups in total. The topological polar surface area (TPSA) is 26.0 Å². The molecule has 0 fully saturated rings. The SMILES string of the molecule is Cc1c(-c2ccccc2)cc(N)cc1-c1ccccc1. The summed E-state index contributed by atoms with van der Waals surface area (Å²) in [6, 6.07) is 24.9. The summed E-state index contributed by atoms with van der Waals surface area (Å²) < 4.78 is 0. The van der Waals surface area contributed by atoms with E-state index < -0.39 is 0 Å². The molecule has 0 amide bonds. The minimum Gasteiger partial charge on any atom is -0.399 e. The number of hydrogen-bond acceptors (Lipinski definition) is 1. The first kappa shape index (κ1) is 12.5. The maximum atomic E-state index is 6.10. The molecule has 0 aromatic heterocycles. The Morgan fingerprint density at radius 1 is 0.650 bits per heavy atom. The van der Waals surface area contributed by atoms with Gasteiger partial charge in [-0.1, -0.05) is 60.7 Å². The van der Waals surface area contributed by atoms with Crippen LogP contribution < -0.4 is 5.73 Å². The van der Waals surface area contributed by atoms with Crippen LogP contribution in [0.2, 0.25) is 0 Å². The van der Waals surface area contributed by atoms with Crippen LogP contribution in [-0.2, 0) is 0 Å². The highest BCUT2D eigenvalue weighted by Crippen LogP contribution is 2.33. The van der Waals surface area contributed by atoms with Crippen LogP contribution in [0.3, 0.4) is 0 Å². The third-order valence-electron chi connectivity index (χ3n) is 3.60. The molecule has 0 heterocycles. The number of nitrogen functional groups attached to an aromatic ring is 1. The van der Waals surface area contributed by atoms with Crippen LogP contribution >= 0.6 is 0 Å². The van der Waals surface area contributed by atoms with Gasteiger partial charge in [-0.05, 0) is 46.9 Å². The van der Waals surface area contributed by atoms with Crippen molar-refractivity contribution in [1.82, 2.24) is 0 Å². The van der Waals surface area contributed by atoms with Gasteiger partial charge < -0.3 is 5.73 Å². The second-order valence-corrected chi connectivity index (χ2v) is 4.97. The molecule has 0 saturated carbocycles. The van der Waals surface area contributed by atoms with E-state index in [0.717, 1.165) is 5.69 Å². The zero-order valence-electron chi connectivity index (χ0n) is 11.5. The molecule has 3 aromatic rings. The van der Waals surface area contributed by atoms with Gasteiger partial charge in [-0.3, -0.25) is 0 Å². The third kappa shape index (κ3) is 2.30. The lowest BCUT2D eigenvalue weighted by Crippen LogP contribution is -1.93. The number of anilines is 1. The van der Waals surface area contributed by atoms with E-state index in [1.54, 1.807) is 0 Å². The summed E-state index contributed by atoms with van der Waals surface area (Å²) in [5, 5.41) is 0. The first-order chi connectivity index (χ1) is 9.75. The van der Waals surface area contributed by atoms with Gasteiger partial charge in [-0.2, -0.15) is 0 Å². The molecule has 1 heteroatoms. The lowest BCUT2D eigenvalue weighted by Gasteiger charge is -2.13. The second kappa shape index (κ2) is 5.22. The number of hydrogen-bond donors (Lipinski definition) is 1. The maximum absolute atomic E-state index is 6.10. The fourth-order valence-electron chi connectivity index (χ4n) is 2.57. The van der Waals surface area contributed by atoms with Gasteiger partial charge in [0.05, 0.1) is 0 Å². The summed E-state index contributed by atoms with van der Waals surface area (Å²) in [5.41, 5.74) is 13.0. The highest BCUT2D eigenvalue weighted by molar-refractivity contribution is 5.81. The molecule has 0 aliphatic carbocycles. The predicted molar refractivity (Wildman–Crippen MR) is 86.5 cm³/mol. The van der Waals surface area contributed by atoms with Gasteiger partial charge in [0.2, 0.25) is 0 Å². The van der Waals surface area contributed by atoms with Crippen molar-refractivity contribution in [2.75, 3.05) is 5.73 Å². The Labute approximate surface area is 119 Å². The van der Waals surface area contributed by atoms with E-state index >= 15 is 0 Å². The first-order valence-electron chi connectivity index (χ1n) is 6.76. The van der Waals surface area contributed by atoms with Crippen molar-refractivity contribution in [3.63, 3.8) is 0 Å². The van der Waals surface area contributed by atoms with E-state index in [-0.39, 0.29) is 0 Å². The molecule has 0 saturated heterocycles. The minimum atomic E-state index is 0.799. The number of rotatable bonds is 2. The summed E-state index contributed by atoms with van der Waals surface area (Å²) in [7, 11) is 0. The number of benzene rings is 3. The molecule has 0 bridgehead atoms. The molecule has 98 valence electrons. The molecule has 0 radical (unpaired) electrons. The molecule has 3 rings (SSSR count). The molecule has 0 aliphatic heterocycles. The third-order valence-corrected chi connectivity index (χ3v) is 3.60. The molecule has 1 nitrogen and oxygen atoms in total. The van der Waals surface area contributed by atoms with Gasteiger partial charge in [0.1, 0.15) is 0 Å². The molecule has 0 unspecified atom stereocenters. The quantitative estimate of drug-likeness (QED) is 0.650. The van der Waals surface area contributed by atoms with Crippen molar-refractivity contribution in [1.29, 1.82) is 0 Å². The zero-order chi connectivity index (χ0) is 13.9. The van der Waals surface area contributed by atoms with Crippen molar-refractivity contribution < 1.29 is 0 Å². The van der Waals surface area contributed by atoms with E-state index in [9.17, 15) is 0 Å². The second-order valence-electron chi connectivity index (χ2n) is 4.97. The van der Waals surface area contributed by atoms with Gasteiger partial charge in [-0.15, -0.1) is 0 Å². The fraction of sp³-hybridized carbons (Fsp3) is 0.0526. The van der Waals surface area contributed by atoms with E-state index in [1.165, 1.54) is 27.8 Å². The maximum Gasteiger partial charge on any atom is 0.0326 e. The average Bonchev–Trinajstić information content (AvgIpc) is 2.51. The fourth-order valence-corrected chi connectivity index (χ4v) is 2.57. The molecule has 0 atom stereocenters. The monoisotopic (exact) mass is 259 g/mol. The average molecular weight is 259 g/mol. The summed E-state index contributed by atoms with van der Waals surface area (Å²) in [4.78, 5) is 0. The van der Waals surface area contributed by atoms with Crippen LogP contribution in [0, 0.1) is 6.92 Å². The van der Waals surface area contributed by atoms with Gasteiger partial charge in [0.25, 0.3) is 0 Å². The van der Waals surface area contributed by atoms with E-state index in [0.29, 0.717) is 0 Å². The van der Waals surface area contributed by atoms with E-state index in [1.807, 2.05) is 12.1 Å². The Kier molecular flexibility index (Phi) is 3.26. The van der Waals surface area contributed by atoms with Crippen LogP contribution in [0.4, 0.5) is 5.69 Å². The van der Waals surface area contributed by atoms with Crippen LogP contribution in [0.25, 0.3) is 22.3 Å². The highest BCUT2D eigenvalue weighted by atomic mass is 14.5. The molecular weight excluding hydrogens is 242 g/mol. The Hall–Kier alpha value is -2.54. The van der Waals surface area contributed by atoms with Crippen molar-refractivity contribution >= 4 is 5.69 Å². The Balaban J connectivity index is 2.22. The van der Waals surface area contributed by atoms with Crippen molar-refractivity contribution in [3.8, 4) is 22.3 Å². The molecule has 0 aliphatic rings. The lowest BCUT2D eigenvalue weighted by atomic mass is 9.92. The molecular formula is C19H17N. The van der Waals surface area contributed by atoms with Crippen LogP contribution in [0.1, 0.15) is 5.56 Å². The Morgan fingerprint density at radius 3 is 1.45 bits per heavy atom. The zero-order valence-corrected chi connectivity index (χ0v) is 11.5. The van der Waals surface area contributed by atoms with E-state index in [4.69, 9.17) is 5.73 Å².